The maximum atomic E-state index is 2.39. The predicted molar refractivity (Wildman–Crippen MR) is 306 cm³/mol. The highest BCUT2D eigenvalue weighted by molar-refractivity contribution is 6.09. The summed E-state index contributed by atoms with van der Waals surface area (Å²) in [7, 11) is 0. The summed E-state index contributed by atoms with van der Waals surface area (Å²) in [5.74, 6) is 0. The molecule has 1 heterocycles. The van der Waals surface area contributed by atoms with Gasteiger partial charge in [-0.15, -0.1) is 0 Å². The van der Waals surface area contributed by atoms with E-state index in [1.165, 1.54) is 93.8 Å². The zero-order valence-electron chi connectivity index (χ0n) is 39.6. The lowest BCUT2D eigenvalue weighted by molar-refractivity contribution is 1.18. The summed E-state index contributed by atoms with van der Waals surface area (Å²) in [5.41, 5.74) is 21.1. The maximum Gasteiger partial charge on any atom is 0.0541 e. The number of hydrogen-bond acceptors (Lipinski definition) is 1. The third-order valence-corrected chi connectivity index (χ3v) is 14.2. The lowest BCUT2D eigenvalue weighted by Crippen LogP contribution is -2.09. The second-order valence-electron chi connectivity index (χ2n) is 18.5. The van der Waals surface area contributed by atoms with E-state index < -0.39 is 0 Å². The van der Waals surface area contributed by atoms with Gasteiger partial charge in [0.05, 0.1) is 11.0 Å². The number of anilines is 3. The summed E-state index contributed by atoms with van der Waals surface area (Å²) >= 11 is 0. The molecule has 0 bridgehead atoms. The SMILES string of the molecule is c1ccc(-c2cccc(-c3cccc(-c4ccc(N(c5ccc(-c6cccc(-c7cccc8ccccc78)c6)cc5)c5ccc(-c6cccc(-n7c8ccccc8c8ccccc87)c6)cc5)cc4)c3)c2)cc1. The van der Waals surface area contributed by atoms with E-state index in [-0.39, 0.29) is 0 Å². The van der Waals surface area contributed by atoms with Crippen molar-refractivity contribution < 1.29 is 0 Å². The van der Waals surface area contributed by atoms with Gasteiger partial charge in [-0.3, -0.25) is 0 Å². The van der Waals surface area contributed by atoms with Gasteiger partial charge in [0.15, 0.2) is 0 Å². The predicted octanol–water partition coefficient (Wildman–Crippen LogP) is 19.4. The Labute approximate surface area is 420 Å². The van der Waals surface area contributed by atoms with E-state index in [0.29, 0.717) is 0 Å². The van der Waals surface area contributed by atoms with Crippen molar-refractivity contribution in [2.24, 2.45) is 0 Å². The van der Waals surface area contributed by atoms with Gasteiger partial charge in [-0.05, 0) is 156 Å². The molecule has 13 aromatic rings. The van der Waals surface area contributed by atoms with Crippen molar-refractivity contribution in [3.8, 4) is 72.4 Å². The average Bonchev–Trinajstić information content (AvgIpc) is 3.80. The molecule has 0 atom stereocenters. The molecule has 12 aromatic carbocycles. The fourth-order valence-corrected chi connectivity index (χ4v) is 10.6. The zero-order valence-corrected chi connectivity index (χ0v) is 39.6. The third-order valence-electron chi connectivity index (χ3n) is 14.2. The van der Waals surface area contributed by atoms with Crippen molar-refractivity contribution in [3.63, 3.8) is 0 Å². The van der Waals surface area contributed by atoms with Crippen LogP contribution in [-0.4, -0.2) is 4.57 Å². The Morgan fingerprint density at radius 3 is 1.10 bits per heavy atom. The van der Waals surface area contributed by atoms with E-state index in [1.807, 2.05) is 0 Å². The molecule has 0 aliphatic carbocycles. The van der Waals surface area contributed by atoms with E-state index in [1.54, 1.807) is 0 Å². The van der Waals surface area contributed by atoms with Crippen LogP contribution in [0.4, 0.5) is 17.1 Å². The monoisotopic (exact) mass is 916 g/mol. The van der Waals surface area contributed by atoms with Crippen LogP contribution in [0.2, 0.25) is 0 Å². The minimum absolute atomic E-state index is 1.08. The van der Waals surface area contributed by atoms with E-state index >= 15 is 0 Å². The lowest BCUT2D eigenvalue weighted by Gasteiger charge is -2.26. The summed E-state index contributed by atoms with van der Waals surface area (Å²) < 4.78 is 2.39. The molecule has 0 fully saturated rings. The Morgan fingerprint density at radius 2 is 0.569 bits per heavy atom. The van der Waals surface area contributed by atoms with E-state index in [4.69, 9.17) is 0 Å². The van der Waals surface area contributed by atoms with Gasteiger partial charge in [-0.1, -0.05) is 212 Å². The molecule has 0 N–H and O–H groups in total. The normalized spacial score (nSPS) is 11.3. The van der Waals surface area contributed by atoms with Crippen molar-refractivity contribution in [1.82, 2.24) is 4.57 Å². The van der Waals surface area contributed by atoms with Crippen LogP contribution in [0.1, 0.15) is 0 Å². The Balaban J connectivity index is 0.849. The van der Waals surface area contributed by atoms with Crippen LogP contribution in [0.5, 0.6) is 0 Å². The second kappa shape index (κ2) is 18.4. The minimum atomic E-state index is 1.08. The first-order valence-corrected chi connectivity index (χ1v) is 24.7. The fourth-order valence-electron chi connectivity index (χ4n) is 10.6. The standard InChI is InChI=1S/C70H48N2/c1-2-15-49(16-3-1)54-19-10-22-57(45-54)58-23-11-20-55(46-58)50-33-39-61(40-34-50)71(62-41-35-51(36-42-62)56-21-12-25-60(47-56)66-30-14-18-53-17-4-5-27-65(53)66)63-43-37-52(38-44-63)59-24-13-26-64(48-59)72-69-31-8-6-28-67(69)68-29-7-9-32-70(68)72/h1-48H. The third kappa shape index (κ3) is 8.01. The molecule has 0 amide bonds. The Morgan fingerprint density at radius 1 is 0.222 bits per heavy atom. The van der Waals surface area contributed by atoms with Gasteiger partial charge < -0.3 is 9.47 Å². The summed E-state index contributed by atoms with van der Waals surface area (Å²) in [5, 5.41) is 5.03. The van der Waals surface area contributed by atoms with Crippen LogP contribution >= 0.6 is 0 Å². The fraction of sp³-hybridized carbons (Fsp3) is 0. The zero-order chi connectivity index (χ0) is 47.8. The van der Waals surface area contributed by atoms with Crippen LogP contribution in [0.15, 0.2) is 291 Å². The second-order valence-corrected chi connectivity index (χ2v) is 18.5. The molecule has 2 heteroatoms. The number of hydrogen-bond donors (Lipinski definition) is 0. The largest absolute Gasteiger partial charge is 0.311 e. The topological polar surface area (TPSA) is 8.17 Å². The van der Waals surface area contributed by atoms with Gasteiger partial charge in [0, 0.05) is 33.5 Å². The Bertz CT molecular complexity index is 4010. The average molecular weight is 917 g/mol. The van der Waals surface area contributed by atoms with Crippen molar-refractivity contribution >= 4 is 49.6 Å². The lowest BCUT2D eigenvalue weighted by atomic mass is 9.95. The maximum absolute atomic E-state index is 2.39. The molecule has 338 valence electrons. The molecule has 0 unspecified atom stereocenters. The Hall–Kier alpha value is -9.50. The molecule has 72 heavy (non-hydrogen) atoms. The number of aromatic nitrogens is 1. The highest BCUT2D eigenvalue weighted by Crippen LogP contribution is 2.40. The quantitative estimate of drug-likeness (QED) is 0.133. The number of rotatable bonds is 10. The van der Waals surface area contributed by atoms with Gasteiger partial charge in [0.2, 0.25) is 0 Å². The molecule has 0 aliphatic rings. The number of fused-ring (bicyclic) bond motifs is 4. The van der Waals surface area contributed by atoms with Crippen LogP contribution in [0.3, 0.4) is 0 Å². The number of benzene rings is 12. The van der Waals surface area contributed by atoms with Gasteiger partial charge in [-0.25, -0.2) is 0 Å². The molecule has 13 rings (SSSR count). The van der Waals surface area contributed by atoms with E-state index in [2.05, 4.69) is 301 Å². The van der Waals surface area contributed by atoms with E-state index in [0.717, 1.165) is 28.3 Å². The first-order chi connectivity index (χ1) is 35.7. The Kier molecular flexibility index (Phi) is 10.9. The van der Waals surface area contributed by atoms with Gasteiger partial charge in [-0.2, -0.15) is 0 Å². The minimum Gasteiger partial charge on any atom is -0.311 e. The first kappa shape index (κ1) is 42.6. The smallest absolute Gasteiger partial charge is 0.0541 e. The highest BCUT2D eigenvalue weighted by atomic mass is 15.1. The van der Waals surface area contributed by atoms with Crippen molar-refractivity contribution in [2.45, 2.75) is 0 Å². The number of para-hydroxylation sites is 2. The van der Waals surface area contributed by atoms with Crippen LogP contribution in [0.25, 0.3) is 105 Å². The van der Waals surface area contributed by atoms with Crippen LogP contribution in [0, 0.1) is 0 Å². The molecule has 0 aliphatic heterocycles. The van der Waals surface area contributed by atoms with Gasteiger partial charge in [0.25, 0.3) is 0 Å². The summed E-state index contributed by atoms with van der Waals surface area (Å²) in [6.07, 6.45) is 0. The molecule has 0 radical (unpaired) electrons. The van der Waals surface area contributed by atoms with Crippen molar-refractivity contribution in [3.05, 3.63) is 291 Å². The molecule has 0 saturated heterocycles. The number of nitrogens with zero attached hydrogens (tertiary/aromatic N) is 2. The molecule has 0 spiro atoms. The van der Waals surface area contributed by atoms with Crippen molar-refractivity contribution in [1.29, 1.82) is 0 Å². The van der Waals surface area contributed by atoms with Gasteiger partial charge >= 0.3 is 0 Å². The van der Waals surface area contributed by atoms with Crippen molar-refractivity contribution in [2.75, 3.05) is 4.90 Å². The summed E-state index contributed by atoms with van der Waals surface area (Å²) in [6, 6.07) is 106. The molecular formula is C70H48N2. The highest BCUT2D eigenvalue weighted by Gasteiger charge is 2.16. The molecule has 2 nitrogen and oxygen atoms in total. The van der Waals surface area contributed by atoms with Crippen LogP contribution in [-0.2, 0) is 0 Å². The summed E-state index contributed by atoms with van der Waals surface area (Å²) in [4.78, 5) is 2.36. The first-order valence-electron chi connectivity index (χ1n) is 24.7. The molecule has 1 aromatic heterocycles. The van der Waals surface area contributed by atoms with Gasteiger partial charge in [0.1, 0.15) is 0 Å². The van der Waals surface area contributed by atoms with E-state index in [9.17, 15) is 0 Å². The van der Waals surface area contributed by atoms with Crippen LogP contribution < -0.4 is 4.90 Å². The molecule has 0 saturated carbocycles. The summed E-state index contributed by atoms with van der Waals surface area (Å²) in [6.45, 7) is 0. The molecular weight excluding hydrogens is 869 g/mol.